The number of cyclic esters (lactones) is 1. The predicted molar refractivity (Wildman–Crippen MR) is 50.8 cm³/mol. The molecule has 1 aliphatic heterocycles. The fourth-order valence-electron chi connectivity index (χ4n) is 1.33. The van der Waals surface area contributed by atoms with Crippen molar-refractivity contribution in [3.63, 3.8) is 0 Å². The minimum Gasteiger partial charge on any atom is -0.466 e. The van der Waals surface area contributed by atoms with E-state index in [-0.39, 0.29) is 13.0 Å². The Balaban J connectivity index is 2.72. The van der Waals surface area contributed by atoms with Crippen molar-refractivity contribution in [2.45, 2.75) is 26.1 Å². The van der Waals surface area contributed by atoms with Crippen LogP contribution in [0.25, 0.3) is 0 Å². The van der Waals surface area contributed by atoms with Crippen LogP contribution in [-0.2, 0) is 23.8 Å². The lowest BCUT2D eigenvalue weighted by Crippen LogP contribution is -2.34. The smallest absolute Gasteiger partial charge is 0.336 e. The topological polar surface area (TPSA) is 61.8 Å². The Morgan fingerprint density at radius 2 is 2.27 bits per heavy atom. The molecule has 1 atom stereocenters. The van der Waals surface area contributed by atoms with Gasteiger partial charge in [0.1, 0.15) is 6.42 Å². The lowest BCUT2D eigenvalue weighted by Gasteiger charge is -2.23. The van der Waals surface area contributed by atoms with E-state index >= 15 is 0 Å². The minimum atomic E-state index is -1.28. The van der Waals surface area contributed by atoms with Gasteiger partial charge in [-0.2, -0.15) is 0 Å². The molecule has 0 aromatic rings. The van der Waals surface area contributed by atoms with Gasteiger partial charge in [-0.05, 0) is 19.9 Å². The molecule has 0 N–H and O–H groups in total. The van der Waals surface area contributed by atoms with Crippen LogP contribution in [-0.4, -0.2) is 31.4 Å². The molecule has 0 radical (unpaired) electrons. The van der Waals surface area contributed by atoms with Crippen LogP contribution < -0.4 is 0 Å². The lowest BCUT2D eigenvalue weighted by molar-refractivity contribution is -0.196. The van der Waals surface area contributed by atoms with Crippen LogP contribution in [0.2, 0.25) is 0 Å². The number of ether oxygens (including phenoxy) is 3. The highest BCUT2D eigenvalue weighted by Gasteiger charge is 2.41. The Kier molecular flexibility index (Phi) is 3.47. The van der Waals surface area contributed by atoms with Gasteiger partial charge < -0.3 is 14.2 Å². The van der Waals surface area contributed by atoms with Crippen LogP contribution >= 0.6 is 0 Å². The van der Waals surface area contributed by atoms with E-state index in [2.05, 4.69) is 0 Å². The van der Waals surface area contributed by atoms with Crippen LogP contribution in [0.4, 0.5) is 0 Å². The summed E-state index contributed by atoms with van der Waals surface area (Å²) in [4.78, 5) is 22.4. The van der Waals surface area contributed by atoms with Gasteiger partial charge >= 0.3 is 11.9 Å². The summed E-state index contributed by atoms with van der Waals surface area (Å²) in [5, 5.41) is 0. The average molecular weight is 214 g/mol. The summed E-state index contributed by atoms with van der Waals surface area (Å²) in [5.74, 6) is -2.22. The maximum Gasteiger partial charge on any atom is 0.336 e. The second-order valence-electron chi connectivity index (χ2n) is 3.21. The molecule has 5 heteroatoms. The summed E-state index contributed by atoms with van der Waals surface area (Å²) < 4.78 is 14.8. The highest BCUT2D eigenvalue weighted by Crippen LogP contribution is 2.28. The molecule has 1 unspecified atom stereocenters. The molecule has 0 bridgehead atoms. The van der Waals surface area contributed by atoms with Gasteiger partial charge in [0, 0.05) is 12.7 Å². The zero-order chi connectivity index (χ0) is 11.5. The first-order valence-electron chi connectivity index (χ1n) is 4.66. The molecule has 15 heavy (non-hydrogen) atoms. The van der Waals surface area contributed by atoms with Crippen molar-refractivity contribution in [1.29, 1.82) is 0 Å². The maximum absolute atomic E-state index is 11.3. The van der Waals surface area contributed by atoms with E-state index in [0.29, 0.717) is 5.57 Å². The van der Waals surface area contributed by atoms with E-state index in [9.17, 15) is 9.59 Å². The minimum absolute atomic E-state index is 0.125. The lowest BCUT2D eigenvalue weighted by atomic mass is 10.1. The van der Waals surface area contributed by atoms with Gasteiger partial charge in [0.25, 0.3) is 0 Å². The molecule has 0 aromatic heterocycles. The van der Waals surface area contributed by atoms with Crippen molar-refractivity contribution in [2.24, 2.45) is 0 Å². The van der Waals surface area contributed by atoms with Crippen molar-refractivity contribution >= 4 is 11.9 Å². The molecule has 5 nitrogen and oxygen atoms in total. The first-order chi connectivity index (χ1) is 7.03. The number of carbonyl (C=O) groups is 2. The van der Waals surface area contributed by atoms with Crippen LogP contribution in [0.5, 0.6) is 0 Å². The summed E-state index contributed by atoms with van der Waals surface area (Å²) in [7, 11) is 1.38. The Morgan fingerprint density at radius 1 is 1.60 bits per heavy atom. The van der Waals surface area contributed by atoms with Gasteiger partial charge in [-0.25, -0.2) is 4.79 Å². The molecule has 1 aliphatic rings. The second-order valence-corrected chi connectivity index (χ2v) is 3.21. The van der Waals surface area contributed by atoms with Crippen molar-refractivity contribution in [3.05, 3.63) is 11.6 Å². The molecular formula is C10H14O5. The summed E-state index contributed by atoms with van der Waals surface area (Å²) in [6, 6.07) is 0. The number of rotatable bonds is 4. The number of carbonyl (C=O) groups excluding carboxylic acids is 2. The molecule has 0 aliphatic carbocycles. The molecule has 0 fully saturated rings. The molecule has 84 valence electrons. The number of hydrogen-bond acceptors (Lipinski definition) is 5. The SMILES string of the molecule is CCOC(=O)CC1(OC)C=C(C)C(=O)O1. The summed E-state index contributed by atoms with van der Waals surface area (Å²) in [6.07, 6.45) is 1.37. The van der Waals surface area contributed by atoms with E-state index in [1.807, 2.05) is 0 Å². The fourth-order valence-corrected chi connectivity index (χ4v) is 1.33. The molecule has 0 saturated carbocycles. The number of hydrogen-bond donors (Lipinski definition) is 0. The maximum atomic E-state index is 11.3. The van der Waals surface area contributed by atoms with E-state index in [4.69, 9.17) is 14.2 Å². The first kappa shape index (κ1) is 11.7. The fraction of sp³-hybridized carbons (Fsp3) is 0.600. The van der Waals surface area contributed by atoms with Gasteiger partial charge in [-0.1, -0.05) is 0 Å². The van der Waals surface area contributed by atoms with E-state index in [1.165, 1.54) is 13.2 Å². The monoisotopic (exact) mass is 214 g/mol. The predicted octanol–water partition coefficient (Wildman–Crippen LogP) is 0.785. The van der Waals surface area contributed by atoms with E-state index in [0.717, 1.165) is 0 Å². The first-order valence-corrected chi connectivity index (χ1v) is 4.66. The Morgan fingerprint density at radius 3 is 2.67 bits per heavy atom. The molecule has 0 saturated heterocycles. The molecule has 1 rings (SSSR count). The van der Waals surface area contributed by atoms with Crippen molar-refractivity contribution < 1.29 is 23.8 Å². The third-order valence-electron chi connectivity index (χ3n) is 2.07. The quantitative estimate of drug-likeness (QED) is 0.647. The highest BCUT2D eigenvalue weighted by molar-refractivity contribution is 5.91. The number of esters is 2. The number of methoxy groups -OCH3 is 1. The highest BCUT2D eigenvalue weighted by atomic mass is 16.7. The van der Waals surface area contributed by atoms with Crippen molar-refractivity contribution in [2.75, 3.05) is 13.7 Å². The molecule has 0 amide bonds. The zero-order valence-corrected chi connectivity index (χ0v) is 9.03. The normalized spacial score (nSPS) is 24.7. The van der Waals surface area contributed by atoms with Crippen molar-refractivity contribution in [1.82, 2.24) is 0 Å². The molecule has 0 spiro atoms. The third-order valence-corrected chi connectivity index (χ3v) is 2.07. The zero-order valence-electron chi connectivity index (χ0n) is 9.03. The average Bonchev–Trinajstić information content (AvgIpc) is 2.43. The van der Waals surface area contributed by atoms with Crippen LogP contribution in [0.3, 0.4) is 0 Å². The van der Waals surface area contributed by atoms with Gasteiger partial charge in [-0.15, -0.1) is 0 Å². The summed E-state index contributed by atoms with van der Waals surface area (Å²) >= 11 is 0. The second kappa shape index (κ2) is 4.44. The summed E-state index contributed by atoms with van der Waals surface area (Å²) in [6.45, 7) is 3.60. The Hall–Kier alpha value is -1.36. The largest absolute Gasteiger partial charge is 0.466 e. The van der Waals surface area contributed by atoms with Crippen molar-refractivity contribution in [3.8, 4) is 0 Å². The van der Waals surface area contributed by atoms with E-state index in [1.54, 1.807) is 13.8 Å². The summed E-state index contributed by atoms with van der Waals surface area (Å²) in [5.41, 5.74) is 0.432. The third kappa shape index (κ3) is 2.56. The van der Waals surface area contributed by atoms with Gasteiger partial charge in [0.15, 0.2) is 0 Å². The van der Waals surface area contributed by atoms with Crippen LogP contribution in [0, 0.1) is 0 Å². The van der Waals surface area contributed by atoms with Gasteiger partial charge in [0.05, 0.1) is 6.61 Å². The van der Waals surface area contributed by atoms with Crippen LogP contribution in [0.15, 0.2) is 11.6 Å². The molecule has 0 aromatic carbocycles. The molecule has 1 heterocycles. The Bertz CT molecular complexity index is 307. The standard InChI is InChI=1S/C10H14O5/c1-4-14-8(11)6-10(13-3)5-7(2)9(12)15-10/h5H,4,6H2,1-3H3. The van der Waals surface area contributed by atoms with E-state index < -0.39 is 17.7 Å². The van der Waals surface area contributed by atoms with Gasteiger partial charge in [0.2, 0.25) is 5.79 Å². The Labute approximate surface area is 88.0 Å². The molecular weight excluding hydrogens is 200 g/mol. The van der Waals surface area contributed by atoms with Gasteiger partial charge in [-0.3, -0.25) is 4.79 Å². The van der Waals surface area contributed by atoms with Crippen LogP contribution in [0.1, 0.15) is 20.3 Å².